The van der Waals surface area contributed by atoms with Crippen LogP contribution in [0.3, 0.4) is 0 Å². The van der Waals surface area contributed by atoms with Crippen LogP contribution >= 0.6 is 23.2 Å². The number of hydrogen-bond acceptors (Lipinski definition) is 2. The number of benzene rings is 1. The molecule has 0 fully saturated rings. The first-order valence-electron chi connectivity index (χ1n) is 5.67. The van der Waals surface area contributed by atoms with Crippen LogP contribution in [0.15, 0.2) is 18.2 Å². The van der Waals surface area contributed by atoms with Gasteiger partial charge in [-0.15, -0.1) is 0 Å². The second kappa shape index (κ2) is 6.05. The van der Waals surface area contributed by atoms with Crippen molar-refractivity contribution >= 4 is 23.2 Å². The fourth-order valence-corrected chi connectivity index (χ4v) is 2.19. The van der Waals surface area contributed by atoms with Gasteiger partial charge in [-0.05, 0) is 30.6 Å². The van der Waals surface area contributed by atoms with E-state index in [1.165, 1.54) is 0 Å². The third-order valence-corrected chi connectivity index (χ3v) is 3.58. The van der Waals surface area contributed by atoms with Crippen molar-refractivity contribution in [3.05, 3.63) is 33.8 Å². The smallest absolute Gasteiger partial charge is 0.0637 e. The zero-order chi connectivity index (χ0) is 13.1. The molecule has 0 aromatic heterocycles. The van der Waals surface area contributed by atoms with E-state index >= 15 is 0 Å². The van der Waals surface area contributed by atoms with Gasteiger partial charge in [0.05, 0.1) is 10.0 Å². The molecule has 1 aromatic carbocycles. The molecular weight excluding hydrogens is 255 g/mol. The van der Waals surface area contributed by atoms with Crippen LogP contribution in [-0.2, 0) is 6.54 Å². The molecule has 0 aliphatic rings. The van der Waals surface area contributed by atoms with Crippen molar-refractivity contribution in [2.75, 3.05) is 20.1 Å². The Kier molecular flexibility index (Phi) is 5.26. The van der Waals surface area contributed by atoms with Gasteiger partial charge in [0.25, 0.3) is 0 Å². The van der Waals surface area contributed by atoms with E-state index in [4.69, 9.17) is 28.9 Å². The first kappa shape index (κ1) is 14.8. The Labute approximate surface area is 114 Å². The van der Waals surface area contributed by atoms with Gasteiger partial charge < -0.3 is 10.6 Å². The van der Waals surface area contributed by atoms with Crippen molar-refractivity contribution in [1.29, 1.82) is 0 Å². The van der Waals surface area contributed by atoms with Crippen molar-refractivity contribution in [1.82, 2.24) is 4.90 Å². The summed E-state index contributed by atoms with van der Waals surface area (Å²) in [6.45, 7) is 6.68. The van der Waals surface area contributed by atoms with E-state index in [1.54, 1.807) is 6.07 Å². The highest BCUT2D eigenvalue weighted by Crippen LogP contribution is 2.27. The predicted octanol–water partition coefficient (Wildman–Crippen LogP) is 3.41. The van der Waals surface area contributed by atoms with E-state index in [0.717, 1.165) is 18.7 Å². The fraction of sp³-hybridized carbons (Fsp3) is 0.538. The topological polar surface area (TPSA) is 29.3 Å². The second-order valence-electron chi connectivity index (χ2n) is 5.25. The summed E-state index contributed by atoms with van der Waals surface area (Å²) in [6.07, 6.45) is 0. The molecule has 0 aliphatic heterocycles. The van der Waals surface area contributed by atoms with Crippen LogP contribution in [0.1, 0.15) is 19.4 Å². The third kappa shape index (κ3) is 4.47. The highest BCUT2D eigenvalue weighted by atomic mass is 35.5. The van der Waals surface area contributed by atoms with E-state index in [1.807, 2.05) is 12.1 Å². The van der Waals surface area contributed by atoms with Gasteiger partial charge in [-0.2, -0.15) is 0 Å². The van der Waals surface area contributed by atoms with Gasteiger partial charge in [0.1, 0.15) is 0 Å². The fourth-order valence-electron chi connectivity index (χ4n) is 1.81. The normalized spacial score (nSPS) is 12.2. The summed E-state index contributed by atoms with van der Waals surface area (Å²) < 4.78 is 0. The SMILES string of the molecule is CN(Cc1cccc(Cl)c1Cl)CC(C)(C)CN. The molecule has 1 rings (SSSR count). The van der Waals surface area contributed by atoms with E-state index < -0.39 is 0 Å². The lowest BCUT2D eigenvalue weighted by molar-refractivity contribution is 0.210. The lowest BCUT2D eigenvalue weighted by atomic mass is 9.93. The first-order chi connectivity index (χ1) is 7.85. The molecule has 17 heavy (non-hydrogen) atoms. The second-order valence-corrected chi connectivity index (χ2v) is 6.04. The molecule has 0 amide bonds. The van der Waals surface area contributed by atoms with Gasteiger partial charge in [0.2, 0.25) is 0 Å². The summed E-state index contributed by atoms with van der Waals surface area (Å²) >= 11 is 12.1. The van der Waals surface area contributed by atoms with E-state index in [-0.39, 0.29) is 5.41 Å². The van der Waals surface area contributed by atoms with Crippen molar-refractivity contribution in [2.24, 2.45) is 11.1 Å². The molecule has 0 atom stereocenters. The molecule has 0 heterocycles. The summed E-state index contributed by atoms with van der Waals surface area (Å²) in [5, 5.41) is 1.25. The molecule has 1 aromatic rings. The maximum Gasteiger partial charge on any atom is 0.0637 e. The van der Waals surface area contributed by atoms with Crippen LogP contribution in [0.5, 0.6) is 0 Å². The van der Waals surface area contributed by atoms with Crippen LogP contribution < -0.4 is 5.73 Å². The maximum absolute atomic E-state index is 6.16. The van der Waals surface area contributed by atoms with E-state index in [2.05, 4.69) is 25.8 Å². The highest BCUT2D eigenvalue weighted by Gasteiger charge is 2.18. The molecule has 0 spiro atoms. The molecule has 2 N–H and O–H groups in total. The summed E-state index contributed by atoms with van der Waals surface area (Å²) in [4.78, 5) is 2.21. The Morgan fingerprint density at radius 3 is 2.53 bits per heavy atom. The number of halogens is 2. The summed E-state index contributed by atoms with van der Waals surface area (Å²) in [5.41, 5.74) is 6.89. The number of hydrogen-bond donors (Lipinski definition) is 1. The monoisotopic (exact) mass is 274 g/mol. The Morgan fingerprint density at radius 1 is 1.29 bits per heavy atom. The van der Waals surface area contributed by atoms with Gasteiger partial charge in [-0.1, -0.05) is 49.2 Å². The first-order valence-corrected chi connectivity index (χ1v) is 6.43. The lowest BCUT2D eigenvalue weighted by Gasteiger charge is -2.29. The molecular formula is C13H20Cl2N2. The van der Waals surface area contributed by atoms with Crippen molar-refractivity contribution in [3.63, 3.8) is 0 Å². The zero-order valence-electron chi connectivity index (χ0n) is 10.6. The van der Waals surface area contributed by atoms with E-state index in [9.17, 15) is 0 Å². The Balaban J connectivity index is 2.68. The van der Waals surface area contributed by atoms with Crippen molar-refractivity contribution in [2.45, 2.75) is 20.4 Å². The average Bonchev–Trinajstić information content (AvgIpc) is 2.24. The summed E-state index contributed by atoms with van der Waals surface area (Å²) in [6, 6.07) is 5.73. The molecule has 4 heteroatoms. The van der Waals surface area contributed by atoms with Gasteiger partial charge >= 0.3 is 0 Å². The molecule has 0 saturated heterocycles. The number of nitrogens with two attached hydrogens (primary N) is 1. The van der Waals surface area contributed by atoms with Crippen molar-refractivity contribution in [3.8, 4) is 0 Å². The van der Waals surface area contributed by atoms with Gasteiger partial charge in [0.15, 0.2) is 0 Å². The molecule has 0 unspecified atom stereocenters. The van der Waals surface area contributed by atoms with Crippen LogP contribution in [-0.4, -0.2) is 25.0 Å². The number of nitrogens with zero attached hydrogens (tertiary/aromatic N) is 1. The van der Waals surface area contributed by atoms with Crippen LogP contribution in [0.25, 0.3) is 0 Å². The molecule has 0 saturated carbocycles. The lowest BCUT2D eigenvalue weighted by Crippen LogP contribution is -2.36. The van der Waals surface area contributed by atoms with Gasteiger partial charge in [0, 0.05) is 13.1 Å². The minimum atomic E-state index is 0.111. The predicted molar refractivity (Wildman–Crippen MR) is 75.6 cm³/mol. The Morgan fingerprint density at radius 2 is 1.94 bits per heavy atom. The molecule has 0 bridgehead atoms. The molecule has 96 valence electrons. The number of rotatable bonds is 5. The van der Waals surface area contributed by atoms with Crippen LogP contribution in [0.2, 0.25) is 10.0 Å². The van der Waals surface area contributed by atoms with Crippen molar-refractivity contribution < 1.29 is 0 Å². The average molecular weight is 275 g/mol. The third-order valence-electron chi connectivity index (χ3n) is 2.72. The molecule has 2 nitrogen and oxygen atoms in total. The van der Waals surface area contributed by atoms with Crippen LogP contribution in [0, 0.1) is 5.41 Å². The van der Waals surface area contributed by atoms with Gasteiger partial charge in [-0.3, -0.25) is 0 Å². The van der Waals surface area contributed by atoms with E-state index in [0.29, 0.717) is 16.6 Å². The Hall–Kier alpha value is -0.280. The van der Waals surface area contributed by atoms with Gasteiger partial charge in [-0.25, -0.2) is 0 Å². The summed E-state index contributed by atoms with van der Waals surface area (Å²) in [5.74, 6) is 0. The largest absolute Gasteiger partial charge is 0.330 e. The quantitative estimate of drug-likeness (QED) is 0.892. The van der Waals surface area contributed by atoms with Crippen LogP contribution in [0.4, 0.5) is 0 Å². The minimum absolute atomic E-state index is 0.111. The zero-order valence-corrected chi connectivity index (χ0v) is 12.1. The molecule has 0 radical (unpaired) electrons. The summed E-state index contributed by atoms with van der Waals surface area (Å²) in [7, 11) is 2.06. The highest BCUT2D eigenvalue weighted by molar-refractivity contribution is 6.42. The molecule has 0 aliphatic carbocycles. The maximum atomic E-state index is 6.16. The Bertz CT molecular complexity index is 378. The standard InChI is InChI=1S/C13H20Cl2N2/c1-13(2,8-16)9-17(3)7-10-5-4-6-11(14)12(10)15/h4-6H,7-9,16H2,1-3H3. The minimum Gasteiger partial charge on any atom is -0.330 e.